The van der Waals surface area contributed by atoms with E-state index in [0.717, 1.165) is 35.2 Å². The summed E-state index contributed by atoms with van der Waals surface area (Å²) in [5, 5.41) is 0. The van der Waals surface area contributed by atoms with Crippen LogP contribution in [0.2, 0.25) is 0 Å². The van der Waals surface area contributed by atoms with E-state index >= 15 is 0 Å². The number of ketones is 1. The van der Waals surface area contributed by atoms with Crippen LogP contribution in [-0.2, 0) is 4.79 Å². The molecule has 1 aliphatic carbocycles. The van der Waals surface area contributed by atoms with Crippen molar-refractivity contribution in [2.75, 3.05) is 5.75 Å². The highest BCUT2D eigenvalue weighted by Crippen LogP contribution is 2.37. The number of hydrogen-bond acceptors (Lipinski definition) is 3. The minimum Gasteiger partial charge on any atom is -0.481 e. The Kier molecular flexibility index (Phi) is 3.83. The maximum atomic E-state index is 12.5. The predicted octanol–water partition coefficient (Wildman–Crippen LogP) is 3.94. The van der Waals surface area contributed by atoms with Crippen LogP contribution < -0.4 is 4.74 Å². The summed E-state index contributed by atoms with van der Waals surface area (Å²) in [5.74, 6) is 2.98. The van der Waals surface area contributed by atoms with Gasteiger partial charge in [-0.1, -0.05) is 31.9 Å². The molecule has 0 N–H and O–H groups in total. The second kappa shape index (κ2) is 5.58. The van der Waals surface area contributed by atoms with Crippen LogP contribution in [0.25, 0.3) is 0 Å². The number of benzene rings is 1. The zero-order valence-electron chi connectivity index (χ0n) is 11.3. The molecular weight excluding hydrogens is 256 g/mol. The van der Waals surface area contributed by atoms with E-state index in [1.165, 1.54) is 12.8 Å². The van der Waals surface area contributed by atoms with Gasteiger partial charge in [-0.3, -0.25) is 4.79 Å². The standard InChI is InChI=1S/C16H20O2S/c1-11-6-8-12(9-7-11)16(17)14-10-19-15-5-3-2-4-13(15)18-14/h2-5,11-12,14H,6-10H2,1H3. The first-order valence-corrected chi connectivity index (χ1v) is 8.15. The molecule has 2 aliphatic rings. The van der Waals surface area contributed by atoms with Gasteiger partial charge < -0.3 is 4.74 Å². The Bertz CT molecular complexity index is 464. The lowest BCUT2D eigenvalue weighted by Gasteiger charge is -2.30. The number of Topliss-reactive ketones (excluding diaryl/α,β-unsaturated/α-hetero) is 1. The van der Waals surface area contributed by atoms with Crippen molar-refractivity contribution >= 4 is 17.5 Å². The maximum Gasteiger partial charge on any atom is 0.177 e. The van der Waals surface area contributed by atoms with Crippen molar-refractivity contribution in [1.29, 1.82) is 0 Å². The third-order valence-electron chi connectivity index (χ3n) is 4.24. The first kappa shape index (κ1) is 13.0. The van der Waals surface area contributed by atoms with E-state index in [1.54, 1.807) is 11.8 Å². The summed E-state index contributed by atoms with van der Waals surface area (Å²) in [6.07, 6.45) is 4.23. The maximum absolute atomic E-state index is 12.5. The van der Waals surface area contributed by atoms with Gasteiger partial charge in [-0.2, -0.15) is 0 Å². The Hall–Kier alpha value is -0.960. The van der Waals surface area contributed by atoms with E-state index in [9.17, 15) is 4.79 Å². The van der Waals surface area contributed by atoms with Crippen LogP contribution in [0.4, 0.5) is 0 Å². The van der Waals surface area contributed by atoms with E-state index < -0.39 is 0 Å². The summed E-state index contributed by atoms with van der Waals surface area (Å²) >= 11 is 1.74. The molecular formula is C16H20O2S. The van der Waals surface area contributed by atoms with E-state index in [1.807, 2.05) is 18.2 Å². The number of ether oxygens (including phenoxy) is 1. The van der Waals surface area contributed by atoms with Crippen LogP contribution in [-0.4, -0.2) is 17.6 Å². The molecule has 0 bridgehead atoms. The fraction of sp³-hybridized carbons (Fsp3) is 0.562. The van der Waals surface area contributed by atoms with Gasteiger partial charge in [-0.15, -0.1) is 11.8 Å². The van der Waals surface area contributed by atoms with Crippen LogP contribution in [0, 0.1) is 11.8 Å². The van der Waals surface area contributed by atoms with Gasteiger partial charge in [-0.05, 0) is 30.9 Å². The molecule has 1 heterocycles. The van der Waals surface area contributed by atoms with Crippen molar-refractivity contribution in [2.24, 2.45) is 11.8 Å². The number of carbonyl (C=O) groups is 1. The van der Waals surface area contributed by atoms with Crippen molar-refractivity contribution < 1.29 is 9.53 Å². The monoisotopic (exact) mass is 276 g/mol. The number of hydrogen-bond donors (Lipinski definition) is 0. The number of carbonyl (C=O) groups excluding carboxylic acids is 1. The molecule has 0 radical (unpaired) electrons. The van der Waals surface area contributed by atoms with Crippen LogP contribution >= 0.6 is 11.8 Å². The van der Waals surface area contributed by atoms with Gasteiger partial charge in [0.15, 0.2) is 11.9 Å². The topological polar surface area (TPSA) is 26.3 Å². The molecule has 3 rings (SSSR count). The Balaban J connectivity index is 1.66. The molecule has 1 aromatic rings. The van der Waals surface area contributed by atoms with Gasteiger partial charge in [0.05, 0.1) is 0 Å². The molecule has 102 valence electrons. The highest BCUT2D eigenvalue weighted by Gasteiger charge is 2.33. The molecule has 0 amide bonds. The molecule has 3 heteroatoms. The molecule has 1 unspecified atom stereocenters. The molecule has 0 saturated heterocycles. The molecule has 1 aromatic carbocycles. The first-order chi connectivity index (χ1) is 9.24. The van der Waals surface area contributed by atoms with Crippen LogP contribution in [0.5, 0.6) is 5.75 Å². The van der Waals surface area contributed by atoms with Crippen LogP contribution in [0.3, 0.4) is 0 Å². The zero-order chi connectivity index (χ0) is 13.2. The largest absolute Gasteiger partial charge is 0.481 e. The third-order valence-corrected chi connectivity index (χ3v) is 5.36. The van der Waals surface area contributed by atoms with Crippen molar-refractivity contribution in [3.63, 3.8) is 0 Å². The highest BCUT2D eigenvalue weighted by atomic mass is 32.2. The second-order valence-electron chi connectivity index (χ2n) is 5.72. The quantitative estimate of drug-likeness (QED) is 0.818. The van der Waals surface area contributed by atoms with E-state index in [-0.39, 0.29) is 12.0 Å². The average Bonchev–Trinajstić information content (AvgIpc) is 2.47. The fourth-order valence-corrected chi connectivity index (χ4v) is 3.96. The first-order valence-electron chi connectivity index (χ1n) is 7.16. The molecule has 2 nitrogen and oxygen atoms in total. The summed E-state index contributed by atoms with van der Waals surface area (Å²) in [4.78, 5) is 13.7. The molecule has 1 atom stereocenters. The summed E-state index contributed by atoms with van der Waals surface area (Å²) in [6, 6.07) is 8.00. The van der Waals surface area contributed by atoms with Gasteiger partial charge in [0.1, 0.15) is 5.75 Å². The molecule has 0 spiro atoms. The smallest absolute Gasteiger partial charge is 0.177 e. The molecule has 1 saturated carbocycles. The number of fused-ring (bicyclic) bond motifs is 1. The zero-order valence-corrected chi connectivity index (χ0v) is 12.1. The Morgan fingerprint density at radius 3 is 2.74 bits per heavy atom. The van der Waals surface area contributed by atoms with Crippen LogP contribution in [0.1, 0.15) is 32.6 Å². The van der Waals surface area contributed by atoms with Crippen molar-refractivity contribution in [3.8, 4) is 5.75 Å². The van der Waals surface area contributed by atoms with E-state index in [4.69, 9.17) is 4.74 Å². The summed E-state index contributed by atoms with van der Waals surface area (Å²) in [7, 11) is 0. The van der Waals surface area contributed by atoms with Gasteiger partial charge >= 0.3 is 0 Å². The second-order valence-corrected chi connectivity index (χ2v) is 6.79. The Morgan fingerprint density at radius 1 is 1.21 bits per heavy atom. The summed E-state index contributed by atoms with van der Waals surface area (Å²) in [5.41, 5.74) is 0. The number of para-hydroxylation sites is 1. The van der Waals surface area contributed by atoms with Gasteiger partial charge in [0, 0.05) is 16.6 Å². The minimum absolute atomic E-state index is 0.229. The number of rotatable bonds is 2. The van der Waals surface area contributed by atoms with Gasteiger partial charge in [-0.25, -0.2) is 0 Å². The van der Waals surface area contributed by atoms with Gasteiger partial charge in [0.2, 0.25) is 0 Å². The van der Waals surface area contributed by atoms with E-state index in [0.29, 0.717) is 5.78 Å². The lowest BCUT2D eigenvalue weighted by molar-refractivity contribution is -0.130. The van der Waals surface area contributed by atoms with Crippen molar-refractivity contribution in [3.05, 3.63) is 24.3 Å². The van der Waals surface area contributed by atoms with Gasteiger partial charge in [0.25, 0.3) is 0 Å². The predicted molar refractivity (Wildman–Crippen MR) is 77.7 cm³/mol. The summed E-state index contributed by atoms with van der Waals surface area (Å²) < 4.78 is 5.90. The molecule has 19 heavy (non-hydrogen) atoms. The van der Waals surface area contributed by atoms with Crippen LogP contribution in [0.15, 0.2) is 29.2 Å². The number of thioether (sulfide) groups is 1. The fourth-order valence-electron chi connectivity index (χ4n) is 2.97. The summed E-state index contributed by atoms with van der Waals surface area (Å²) in [6.45, 7) is 2.28. The molecule has 0 aromatic heterocycles. The molecule has 1 fully saturated rings. The molecule has 1 aliphatic heterocycles. The normalized spacial score (nSPS) is 30.3. The third kappa shape index (κ3) is 2.81. The Labute approximate surface area is 118 Å². The van der Waals surface area contributed by atoms with E-state index in [2.05, 4.69) is 13.0 Å². The van der Waals surface area contributed by atoms with Crippen molar-refractivity contribution in [1.82, 2.24) is 0 Å². The average molecular weight is 276 g/mol. The Morgan fingerprint density at radius 2 is 1.95 bits per heavy atom. The minimum atomic E-state index is -0.238. The van der Waals surface area contributed by atoms with Crippen molar-refractivity contribution in [2.45, 2.75) is 43.6 Å². The lowest BCUT2D eigenvalue weighted by Crippen LogP contribution is -2.38. The highest BCUT2D eigenvalue weighted by molar-refractivity contribution is 7.99. The lowest BCUT2D eigenvalue weighted by atomic mass is 9.80. The SMILES string of the molecule is CC1CCC(C(=O)C2CSc3ccccc3O2)CC1.